The molecule has 0 unspecified atom stereocenters. The number of halogens is 2. The van der Waals surface area contributed by atoms with Gasteiger partial charge in [0.1, 0.15) is 12.0 Å². The largest absolute Gasteiger partial charge is 0.454 e. The van der Waals surface area contributed by atoms with Gasteiger partial charge in [-0.15, -0.1) is 0 Å². The van der Waals surface area contributed by atoms with Gasteiger partial charge in [0.2, 0.25) is 6.79 Å². The van der Waals surface area contributed by atoms with E-state index in [1.54, 1.807) is 18.2 Å². The summed E-state index contributed by atoms with van der Waals surface area (Å²) >= 11 is 12.1. The number of nitrogens with zero attached hydrogens (tertiary/aromatic N) is 2. The number of aromatic nitrogens is 2. The van der Waals surface area contributed by atoms with Gasteiger partial charge >= 0.3 is 0 Å². The lowest BCUT2D eigenvalue weighted by molar-refractivity contribution is 0.174. The van der Waals surface area contributed by atoms with E-state index in [0.717, 1.165) is 5.69 Å². The molecule has 0 saturated carbocycles. The molecular formula is C17H13Cl2N5O2. The fraction of sp³-hybridized carbons (Fsp3) is 0.0588. The van der Waals surface area contributed by atoms with Crippen LogP contribution in [0.2, 0.25) is 10.0 Å². The van der Waals surface area contributed by atoms with Gasteiger partial charge in [0.05, 0.1) is 10.7 Å². The van der Waals surface area contributed by atoms with Crippen molar-refractivity contribution >= 4 is 51.9 Å². The van der Waals surface area contributed by atoms with Crippen molar-refractivity contribution in [2.75, 3.05) is 23.2 Å². The molecule has 4 N–H and O–H groups in total. The molecule has 0 amide bonds. The minimum Gasteiger partial charge on any atom is -0.454 e. The third-order valence-electron chi connectivity index (χ3n) is 3.70. The average Bonchev–Trinajstić information content (AvgIpc) is 3.08. The van der Waals surface area contributed by atoms with E-state index in [1.807, 2.05) is 18.2 Å². The van der Waals surface area contributed by atoms with Crippen LogP contribution in [0.1, 0.15) is 0 Å². The number of rotatable bonds is 4. The number of nitrogens with one attached hydrogen (secondary N) is 2. The second-order valence-electron chi connectivity index (χ2n) is 5.43. The molecule has 7 nitrogen and oxygen atoms in total. The monoisotopic (exact) mass is 389 g/mol. The molecule has 1 aromatic heterocycles. The van der Waals surface area contributed by atoms with Crippen LogP contribution in [0.25, 0.3) is 0 Å². The molecule has 0 fully saturated rings. The highest BCUT2D eigenvalue weighted by molar-refractivity contribution is 6.36. The molecule has 0 aliphatic carbocycles. The normalized spacial score (nSPS) is 12.1. The average molecular weight is 390 g/mol. The highest BCUT2D eigenvalue weighted by Crippen LogP contribution is 2.36. The van der Waals surface area contributed by atoms with Crippen LogP contribution in [0.4, 0.5) is 28.7 Å². The van der Waals surface area contributed by atoms with E-state index in [9.17, 15) is 0 Å². The predicted octanol–water partition coefficient (Wildman–Crippen LogP) is 4.58. The zero-order chi connectivity index (χ0) is 18.1. The van der Waals surface area contributed by atoms with Crippen LogP contribution in [0, 0.1) is 0 Å². The Morgan fingerprint density at radius 3 is 2.50 bits per heavy atom. The smallest absolute Gasteiger partial charge is 0.231 e. The Morgan fingerprint density at radius 2 is 1.69 bits per heavy atom. The zero-order valence-electron chi connectivity index (χ0n) is 13.3. The van der Waals surface area contributed by atoms with Gasteiger partial charge in [-0.05, 0) is 30.3 Å². The minimum atomic E-state index is 0.213. The van der Waals surface area contributed by atoms with Crippen LogP contribution < -0.4 is 25.8 Å². The number of ether oxygens (including phenoxy) is 2. The summed E-state index contributed by atoms with van der Waals surface area (Å²) in [5, 5.41) is 7.23. The lowest BCUT2D eigenvalue weighted by Crippen LogP contribution is -2.05. The van der Waals surface area contributed by atoms with Crippen molar-refractivity contribution in [2.45, 2.75) is 0 Å². The highest BCUT2D eigenvalue weighted by Gasteiger charge is 2.15. The van der Waals surface area contributed by atoms with Gasteiger partial charge in [0, 0.05) is 16.8 Å². The maximum absolute atomic E-state index is 6.20. The molecule has 0 bridgehead atoms. The Labute approximate surface area is 159 Å². The van der Waals surface area contributed by atoms with Crippen molar-refractivity contribution in [3.05, 3.63) is 52.8 Å². The van der Waals surface area contributed by atoms with Gasteiger partial charge in [-0.3, -0.25) is 0 Å². The van der Waals surface area contributed by atoms with Gasteiger partial charge in [0.15, 0.2) is 23.1 Å². The Balaban J connectivity index is 1.59. The molecule has 2 aromatic carbocycles. The lowest BCUT2D eigenvalue weighted by Gasteiger charge is -2.13. The number of anilines is 5. The number of hydrogen-bond acceptors (Lipinski definition) is 7. The van der Waals surface area contributed by atoms with Crippen molar-refractivity contribution in [2.24, 2.45) is 0 Å². The topological polar surface area (TPSA) is 94.3 Å². The molecule has 3 aromatic rings. The molecule has 2 heterocycles. The minimum absolute atomic E-state index is 0.213. The standard InChI is InChI=1S/C17H13Cl2N5O2/c18-9-1-3-12(11(19)5-9)24-17-15(20)16(21-7-22-17)23-10-2-4-13-14(6-10)26-8-25-13/h1-7H,8,20H2,(H2,21,22,23,24). The summed E-state index contributed by atoms with van der Waals surface area (Å²) in [7, 11) is 0. The van der Waals surface area contributed by atoms with E-state index < -0.39 is 0 Å². The van der Waals surface area contributed by atoms with Crippen molar-refractivity contribution in [3.8, 4) is 11.5 Å². The van der Waals surface area contributed by atoms with Gasteiger partial charge in [-0.2, -0.15) is 0 Å². The van der Waals surface area contributed by atoms with Crippen molar-refractivity contribution < 1.29 is 9.47 Å². The van der Waals surface area contributed by atoms with E-state index in [1.165, 1.54) is 6.33 Å². The summed E-state index contributed by atoms with van der Waals surface area (Å²) < 4.78 is 10.7. The van der Waals surface area contributed by atoms with Crippen LogP contribution in [0.15, 0.2) is 42.7 Å². The Morgan fingerprint density at radius 1 is 0.923 bits per heavy atom. The first-order chi connectivity index (χ1) is 12.6. The molecule has 9 heteroatoms. The van der Waals surface area contributed by atoms with E-state index in [-0.39, 0.29) is 6.79 Å². The molecule has 0 spiro atoms. The second-order valence-corrected chi connectivity index (χ2v) is 6.27. The van der Waals surface area contributed by atoms with Crippen molar-refractivity contribution in [3.63, 3.8) is 0 Å². The summed E-state index contributed by atoms with van der Waals surface area (Å²) in [4.78, 5) is 8.37. The summed E-state index contributed by atoms with van der Waals surface area (Å²) in [6.45, 7) is 0.213. The summed E-state index contributed by atoms with van der Waals surface area (Å²) in [6.07, 6.45) is 1.40. The Hall–Kier alpha value is -2.90. The predicted molar refractivity (Wildman–Crippen MR) is 102 cm³/mol. The number of benzene rings is 2. The van der Waals surface area contributed by atoms with Crippen molar-refractivity contribution in [1.82, 2.24) is 9.97 Å². The molecule has 0 atom stereocenters. The zero-order valence-corrected chi connectivity index (χ0v) is 14.8. The summed E-state index contributed by atoms with van der Waals surface area (Å²) in [5.74, 6) is 2.23. The van der Waals surface area contributed by atoms with Gasteiger partial charge in [-0.25, -0.2) is 9.97 Å². The quantitative estimate of drug-likeness (QED) is 0.600. The van der Waals surface area contributed by atoms with Gasteiger partial charge < -0.3 is 25.8 Å². The van der Waals surface area contributed by atoms with E-state index in [4.69, 9.17) is 38.4 Å². The van der Waals surface area contributed by atoms with Crippen LogP contribution in [0.3, 0.4) is 0 Å². The third-order valence-corrected chi connectivity index (χ3v) is 4.25. The fourth-order valence-corrected chi connectivity index (χ4v) is 2.88. The van der Waals surface area contributed by atoms with Gasteiger partial charge in [0.25, 0.3) is 0 Å². The van der Waals surface area contributed by atoms with Crippen LogP contribution >= 0.6 is 23.2 Å². The van der Waals surface area contributed by atoms with Crippen LogP contribution in [-0.4, -0.2) is 16.8 Å². The van der Waals surface area contributed by atoms with E-state index >= 15 is 0 Å². The fourth-order valence-electron chi connectivity index (χ4n) is 2.42. The second kappa shape index (κ2) is 6.78. The lowest BCUT2D eigenvalue weighted by atomic mass is 10.2. The Bertz CT molecular complexity index is 983. The Kier molecular flexibility index (Phi) is 4.32. The van der Waals surface area contributed by atoms with E-state index in [0.29, 0.717) is 44.6 Å². The molecule has 4 rings (SSSR count). The van der Waals surface area contributed by atoms with E-state index in [2.05, 4.69) is 20.6 Å². The van der Waals surface area contributed by atoms with Crippen LogP contribution in [-0.2, 0) is 0 Å². The molecule has 1 aliphatic rings. The first kappa shape index (κ1) is 16.6. The first-order valence-electron chi connectivity index (χ1n) is 7.59. The molecule has 1 aliphatic heterocycles. The molecule has 26 heavy (non-hydrogen) atoms. The maximum Gasteiger partial charge on any atom is 0.231 e. The first-order valence-corrected chi connectivity index (χ1v) is 8.35. The number of hydrogen-bond donors (Lipinski definition) is 3. The number of nitrogens with two attached hydrogens (primary N) is 1. The molecule has 0 radical (unpaired) electrons. The molecule has 0 saturated heterocycles. The van der Waals surface area contributed by atoms with Crippen molar-refractivity contribution in [1.29, 1.82) is 0 Å². The van der Waals surface area contributed by atoms with Gasteiger partial charge in [-0.1, -0.05) is 23.2 Å². The number of nitrogen functional groups attached to an aromatic ring is 1. The maximum atomic E-state index is 6.20. The SMILES string of the molecule is Nc1c(Nc2ccc3c(c2)OCO3)ncnc1Nc1ccc(Cl)cc1Cl. The molecular weight excluding hydrogens is 377 g/mol. The third kappa shape index (κ3) is 3.26. The summed E-state index contributed by atoms with van der Waals surface area (Å²) in [6, 6.07) is 10.6. The highest BCUT2D eigenvalue weighted by atomic mass is 35.5. The number of fused-ring (bicyclic) bond motifs is 1. The molecule has 132 valence electrons. The van der Waals surface area contributed by atoms with Crippen LogP contribution in [0.5, 0.6) is 11.5 Å². The summed E-state index contributed by atoms with van der Waals surface area (Å²) in [5.41, 5.74) is 7.93.